The fourth-order valence-corrected chi connectivity index (χ4v) is 3.65. The summed E-state index contributed by atoms with van der Waals surface area (Å²) in [6.45, 7) is 6.99. The number of halogens is 1. The monoisotopic (exact) mass is 380 g/mol. The number of carbonyl (C=O) groups is 1. The van der Waals surface area contributed by atoms with Crippen LogP contribution in [-0.4, -0.2) is 28.3 Å². The van der Waals surface area contributed by atoms with E-state index >= 15 is 0 Å². The van der Waals surface area contributed by atoms with Crippen molar-refractivity contribution in [3.8, 4) is 0 Å². The van der Waals surface area contributed by atoms with Gasteiger partial charge in [0, 0.05) is 0 Å². The van der Waals surface area contributed by atoms with E-state index in [1.54, 1.807) is 23.5 Å². The van der Waals surface area contributed by atoms with Crippen LogP contribution in [0.5, 0.6) is 0 Å². The van der Waals surface area contributed by atoms with E-state index in [1.807, 2.05) is 0 Å². The highest BCUT2D eigenvalue weighted by Gasteiger charge is 2.40. The zero-order valence-electron chi connectivity index (χ0n) is 16.4. The third-order valence-electron chi connectivity index (χ3n) is 5.38. The SMILES string of the molecule is CC(C)(C)c1ccc(CN2N=CN3NC(c4ccc(F)cc4)CC3C2=O)cc1. The lowest BCUT2D eigenvalue weighted by molar-refractivity contribution is -0.137. The Morgan fingerprint density at radius 1 is 1.11 bits per heavy atom. The van der Waals surface area contributed by atoms with Crippen molar-refractivity contribution in [2.75, 3.05) is 0 Å². The summed E-state index contributed by atoms with van der Waals surface area (Å²) in [4.78, 5) is 12.9. The Bertz CT molecular complexity index is 886. The summed E-state index contributed by atoms with van der Waals surface area (Å²) in [5.74, 6) is -0.291. The number of amides is 1. The molecular formula is C22H25FN4O. The highest BCUT2D eigenvalue weighted by molar-refractivity contribution is 5.87. The van der Waals surface area contributed by atoms with E-state index < -0.39 is 0 Å². The van der Waals surface area contributed by atoms with Crippen molar-refractivity contribution >= 4 is 12.2 Å². The topological polar surface area (TPSA) is 47.9 Å². The van der Waals surface area contributed by atoms with Crippen LogP contribution in [0.1, 0.15) is 49.9 Å². The summed E-state index contributed by atoms with van der Waals surface area (Å²) in [6, 6.07) is 14.4. The molecule has 2 aliphatic rings. The quantitative estimate of drug-likeness (QED) is 0.883. The van der Waals surface area contributed by atoms with Crippen LogP contribution in [0.2, 0.25) is 0 Å². The molecule has 0 saturated carbocycles. The average Bonchev–Trinajstić information content (AvgIpc) is 3.09. The van der Waals surface area contributed by atoms with Crippen molar-refractivity contribution in [1.29, 1.82) is 0 Å². The molecule has 0 aliphatic carbocycles. The molecule has 6 heteroatoms. The molecule has 2 heterocycles. The molecule has 4 rings (SSSR count). The van der Waals surface area contributed by atoms with Gasteiger partial charge in [0.2, 0.25) is 0 Å². The van der Waals surface area contributed by atoms with Gasteiger partial charge in [0.05, 0.1) is 12.6 Å². The van der Waals surface area contributed by atoms with Crippen LogP contribution in [0.4, 0.5) is 4.39 Å². The first-order chi connectivity index (χ1) is 13.3. The van der Waals surface area contributed by atoms with Crippen molar-refractivity contribution in [1.82, 2.24) is 15.4 Å². The van der Waals surface area contributed by atoms with Gasteiger partial charge < -0.3 is 0 Å². The Kier molecular flexibility index (Phi) is 4.67. The Morgan fingerprint density at radius 3 is 2.43 bits per heavy atom. The van der Waals surface area contributed by atoms with E-state index in [9.17, 15) is 9.18 Å². The predicted octanol–water partition coefficient (Wildman–Crippen LogP) is 3.73. The van der Waals surface area contributed by atoms with Gasteiger partial charge in [0.25, 0.3) is 5.91 Å². The van der Waals surface area contributed by atoms with Gasteiger partial charge in [0.15, 0.2) is 0 Å². The molecule has 0 radical (unpaired) electrons. The third-order valence-corrected chi connectivity index (χ3v) is 5.38. The Labute approximate surface area is 164 Å². The minimum absolute atomic E-state index is 0.0282. The largest absolute Gasteiger partial charge is 0.283 e. The number of hydrogen-bond donors (Lipinski definition) is 1. The number of hydrogen-bond acceptors (Lipinski definition) is 4. The lowest BCUT2D eigenvalue weighted by atomic mass is 9.87. The Morgan fingerprint density at radius 2 is 1.79 bits per heavy atom. The molecule has 2 atom stereocenters. The lowest BCUT2D eigenvalue weighted by Crippen LogP contribution is -2.50. The maximum Gasteiger partial charge on any atom is 0.267 e. The lowest BCUT2D eigenvalue weighted by Gasteiger charge is -2.30. The summed E-state index contributed by atoms with van der Waals surface area (Å²) >= 11 is 0. The number of benzene rings is 2. The number of hydrazine groups is 1. The van der Waals surface area contributed by atoms with Gasteiger partial charge >= 0.3 is 0 Å². The molecule has 146 valence electrons. The van der Waals surface area contributed by atoms with E-state index in [4.69, 9.17) is 0 Å². The minimum Gasteiger partial charge on any atom is -0.283 e. The molecule has 2 aromatic carbocycles. The number of carbonyl (C=O) groups excluding carboxylic acids is 1. The maximum atomic E-state index is 13.2. The fourth-order valence-electron chi connectivity index (χ4n) is 3.65. The molecule has 28 heavy (non-hydrogen) atoms. The average molecular weight is 380 g/mol. The number of hydrazone groups is 1. The summed E-state index contributed by atoms with van der Waals surface area (Å²) in [5.41, 5.74) is 6.65. The van der Waals surface area contributed by atoms with Gasteiger partial charge in [-0.2, -0.15) is 5.10 Å². The van der Waals surface area contributed by atoms with Crippen molar-refractivity contribution in [3.05, 3.63) is 71.0 Å². The van der Waals surface area contributed by atoms with Crippen molar-refractivity contribution in [2.45, 2.75) is 51.2 Å². The van der Waals surface area contributed by atoms with Crippen molar-refractivity contribution in [2.24, 2.45) is 5.10 Å². The van der Waals surface area contributed by atoms with Crippen LogP contribution in [-0.2, 0) is 16.8 Å². The molecule has 2 aromatic rings. The third kappa shape index (κ3) is 3.64. The van der Waals surface area contributed by atoms with Crippen LogP contribution < -0.4 is 5.43 Å². The molecule has 2 aliphatic heterocycles. The molecule has 0 aromatic heterocycles. The molecule has 1 saturated heterocycles. The zero-order valence-corrected chi connectivity index (χ0v) is 16.4. The Balaban J connectivity index is 1.44. The predicted molar refractivity (Wildman–Crippen MR) is 107 cm³/mol. The summed E-state index contributed by atoms with van der Waals surface area (Å²) in [5, 5.41) is 7.61. The highest BCUT2D eigenvalue weighted by Crippen LogP contribution is 2.30. The van der Waals surface area contributed by atoms with E-state index in [0.29, 0.717) is 13.0 Å². The first-order valence-electron chi connectivity index (χ1n) is 9.56. The maximum absolute atomic E-state index is 13.2. The zero-order chi connectivity index (χ0) is 19.9. The van der Waals surface area contributed by atoms with Gasteiger partial charge in [-0.3, -0.25) is 9.80 Å². The standard InChI is InChI=1S/C22H25FN4O/c1-22(2,3)17-8-4-15(5-9-17)13-26-21(28)20-12-19(25-27(20)14-24-26)16-6-10-18(23)11-7-16/h4-11,14,19-20,25H,12-13H2,1-3H3. The van der Waals surface area contributed by atoms with Crippen LogP contribution in [0, 0.1) is 5.82 Å². The van der Waals surface area contributed by atoms with Gasteiger partial charge in [-0.05, 0) is 40.7 Å². The fraction of sp³-hybridized carbons (Fsp3) is 0.364. The second kappa shape index (κ2) is 7.02. The molecule has 1 fully saturated rings. The van der Waals surface area contributed by atoms with Crippen LogP contribution >= 0.6 is 0 Å². The Hall–Kier alpha value is -2.73. The molecule has 0 spiro atoms. The van der Waals surface area contributed by atoms with Gasteiger partial charge in [-0.1, -0.05) is 57.2 Å². The number of nitrogens with zero attached hydrogens (tertiary/aromatic N) is 3. The normalized spacial score (nSPS) is 21.9. The summed E-state index contributed by atoms with van der Waals surface area (Å²) in [7, 11) is 0. The first-order valence-corrected chi connectivity index (χ1v) is 9.56. The van der Waals surface area contributed by atoms with Crippen LogP contribution in [0.3, 0.4) is 0 Å². The number of rotatable bonds is 3. The van der Waals surface area contributed by atoms with Crippen LogP contribution in [0.15, 0.2) is 53.6 Å². The highest BCUT2D eigenvalue weighted by atomic mass is 19.1. The summed E-state index contributed by atoms with van der Waals surface area (Å²) < 4.78 is 13.2. The molecule has 2 unspecified atom stereocenters. The summed E-state index contributed by atoms with van der Waals surface area (Å²) in [6.07, 6.45) is 2.29. The first kappa shape index (κ1) is 18.6. The smallest absolute Gasteiger partial charge is 0.267 e. The van der Waals surface area contributed by atoms with E-state index in [1.165, 1.54) is 22.7 Å². The van der Waals surface area contributed by atoms with Crippen LogP contribution in [0.25, 0.3) is 0 Å². The minimum atomic E-state index is -0.304. The second-order valence-electron chi connectivity index (χ2n) is 8.47. The molecule has 0 bridgehead atoms. The second-order valence-corrected chi connectivity index (χ2v) is 8.47. The van der Waals surface area contributed by atoms with Crippen molar-refractivity contribution < 1.29 is 9.18 Å². The molecular weight excluding hydrogens is 355 g/mol. The number of fused-ring (bicyclic) bond motifs is 1. The molecule has 1 amide bonds. The van der Waals surface area contributed by atoms with E-state index in [-0.39, 0.29) is 29.2 Å². The van der Waals surface area contributed by atoms with Crippen molar-refractivity contribution in [3.63, 3.8) is 0 Å². The van der Waals surface area contributed by atoms with Gasteiger partial charge in [-0.25, -0.2) is 14.8 Å². The molecule has 1 N–H and O–H groups in total. The molecule has 5 nitrogen and oxygen atoms in total. The number of nitrogens with one attached hydrogen (secondary N) is 1. The van der Waals surface area contributed by atoms with Gasteiger partial charge in [-0.15, -0.1) is 0 Å². The van der Waals surface area contributed by atoms with E-state index in [0.717, 1.165) is 11.1 Å². The van der Waals surface area contributed by atoms with E-state index in [2.05, 4.69) is 55.6 Å². The van der Waals surface area contributed by atoms with Gasteiger partial charge in [0.1, 0.15) is 18.2 Å².